The number of carbonyl (C=O) groups is 3. The van der Waals surface area contributed by atoms with Crippen LogP contribution in [0.2, 0.25) is 5.02 Å². The van der Waals surface area contributed by atoms with Crippen LogP contribution >= 0.6 is 22.9 Å². The van der Waals surface area contributed by atoms with Crippen molar-refractivity contribution in [3.05, 3.63) is 110 Å². The molecule has 1 aliphatic heterocycles. The van der Waals surface area contributed by atoms with Gasteiger partial charge in [-0.2, -0.15) is 13.2 Å². The Morgan fingerprint density at radius 3 is 2.36 bits per heavy atom. The number of nitrogens with two attached hydrogens (primary N) is 1. The van der Waals surface area contributed by atoms with Crippen molar-refractivity contribution in [3.63, 3.8) is 0 Å². The maximum Gasteiger partial charge on any atom is 0.416 e. The van der Waals surface area contributed by atoms with Crippen molar-refractivity contribution in [2.24, 2.45) is 11.7 Å². The summed E-state index contributed by atoms with van der Waals surface area (Å²) >= 11 is 7.73. The van der Waals surface area contributed by atoms with Crippen LogP contribution in [-0.2, 0) is 30.0 Å². The number of allylic oxidation sites excluding steroid dienone is 2. The molecule has 2 aliphatic rings. The van der Waals surface area contributed by atoms with Gasteiger partial charge in [-0.05, 0) is 41.6 Å². The first kappa shape index (κ1) is 29.4. The summed E-state index contributed by atoms with van der Waals surface area (Å²) < 4.78 is 51.6. The van der Waals surface area contributed by atoms with E-state index in [1.54, 1.807) is 47.8 Å². The van der Waals surface area contributed by atoms with Crippen LogP contribution in [0.15, 0.2) is 88.7 Å². The highest BCUT2D eigenvalue weighted by atomic mass is 35.5. The van der Waals surface area contributed by atoms with Crippen molar-refractivity contribution in [2.75, 3.05) is 19.1 Å². The van der Waals surface area contributed by atoms with Gasteiger partial charge in [0.15, 0.2) is 5.78 Å². The smallest absolute Gasteiger partial charge is 0.416 e. The van der Waals surface area contributed by atoms with Crippen molar-refractivity contribution in [3.8, 4) is 0 Å². The molecule has 1 aromatic heterocycles. The minimum Gasteiger partial charge on any atom is -0.468 e. The van der Waals surface area contributed by atoms with Gasteiger partial charge in [-0.25, -0.2) is 4.79 Å². The van der Waals surface area contributed by atoms with Gasteiger partial charge >= 0.3 is 18.1 Å². The minimum absolute atomic E-state index is 0.00550. The molecule has 2 aromatic carbocycles. The molecule has 12 heteroatoms. The van der Waals surface area contributed by atoms with Crippen LogP contribution in [0.25, 0.3) is 0 Å². The lowest BCUT2D eigenvalue weighted by Gasteiger charge is -2.44. The van der Waals surface area contributed by atoms with Crippen molar-refractivity contribution >= 4 is 46.3 Å². The Labute approximate surface area is 248 Å². The average molecular weight is 617 g/mol. The molecular formula is C30H24ClF3N2O5S. The van der Waals surface area contributed by atoms with Crippen LogP contribution < -0.4 is 10.6 Å². The van der Waals surface area contributed by atoms with E-state index in [9.17, 15) is 27.6 Å². The molecule has 5 rings (SSSR count). The molecule has 0 fully saturated rings. The van der Waals surface area contributed by atoms with Crippen molar-refractivity contribution in [1.29, 1.82) is 0 Å². The fourth-order valence-electron chi connectivity index (χ4n) is 5.62. The maximum absolute atomic E-state index is 14.5. The van der Waals surface area contributed by atoms with Crippen LogP contribution in [0.3, 0.4) is 0 Å². The maximum atomic E-state index is 14.5. The van der Waals surface area contributed by atoms with E-state index in [-0.39, 0.29) is 39.8 Å². The first-order valence-electron chi connectivity index (χ1n) is 12.7. The van der Waals surface area contributed by atoms with Crippen molar-refractivity contribution in [1.82, 2.24) is 0 Å². The number of nitrogens with zero attached hydrogens (tertiary/aromatic N) is 1. The predicted molar refractivity (Wildman–Crippen MR) is 151 cm³/mol. The Kier molecular flexibility index (Phi) is 7.91. The van der Waals surface area contributed by atoms with Gasteiger partial charge < -0.3 is 15.2 Å². The molecule has 1 aliphatic carbocycles. The number of esters is 2. The van der Waals surface area contributed by atoms with Crippen LogP contribution in [0, 0.1) is 5.92 Å². The Morgan fingerprint density at radius 2 is 1.76 bits per heavy atom. The number of ketones is 1. The summed E-state index contributed by atoms with van der Waals surface area (Å²) in [6.45, 7) is 0. The first-order chi connectivity index (χ1) is 20.0. The standard InChI is InChI=1S/C30H24ClF3N2O5S/c1-40-28(38)22-17(15-7-4-3-5-8-15)14-20-23(26(22)37)24(21-9-6-12-42-21)25(29(39)41-2)27(35)36(20)19-13-16(30(32,33)34)10-11-18(19)31/h3-13,17,22,24H,14,35H2,1-2H3/t17-,22+,24+/m0/s1. The number of anilines is 1. The first-order valence-corrected chi connectivity index (χ1v) is 13.9. The van der Waals surface area contributed by atoms with Crippen LogP contribution in [0.4, 0.5) is 18.9 Å². The molecule has 3 atom stereocenters. The zero-order chi connectivity index (χ0) is 30.3. The summed E-state index contributed by atoms with van der Waals surface area (Å²) in [4.78, 5) is 42.7. The number of hydrogen-bond acceptors (Lipinski definition) is 8. The minimum atomic E-state index is -4.72. The number of carbonyl (C=O) groups excluding carboxylic acids is 3. The average Bonchev–Trinajstić information content (AvgIpc) is 3.51. The molecule has 3 aromatic rings. The number of hydrogen-bond donors (Lipinski definition) is 1. The Hall–Kier alpha value is -4.09. The summed E-state index contributed by atoms with van der Waals surface area (Å²) in [6.07, 6.45) is -4.73. The Bertz CT molecular complexity index is 1620. The fraction of sp³-hybridized carbons (Fsp3) is 0.233. The number of benzene rings is 2. The number of ether oxygens (including phenoxy) is 2. The number of rotatable bonds is 5. The topological polar surface area (TPSA) is 98.9 Å². The van der Waals surface area contributed by atoms with Gasteiger partial charge in [-0.15, -0.1) is 11.3 Å². The second kappa shape index (κ2) is 11.3. The van der Waals surface area contributed by atoms with Crippen LogP contribution in [-0.4, -0.2) is 31.9 Å². The van der Waals surface area contributed by atoms with Gasteiger partial charge in [0, 0.05) is 22.1 Å². The van der Waals surface area contributed by atoms with E-state index in [0.717, 1.165) is 25.3 Å². The second-order valence-corrected chi connectivity index (χ2v) is 11.1. The molecule has 0 saturated heterocycles. The molecule has 7 nitrogen and oxygen atoms in total. The zero-order valence-electron chi connectivity index (χ0n) is 22.3. The van der Waals surface area contributed by atoms with Crippen LogP contribution in [0.1, 0.15) is 34.3 Å². The summed E-state index contributed by atoms with van der Waals surface area (Å²) in [5.74, 6) is -5.66. The molecule has 0 spiro atoms. The lowest BCUT2D eigenvalue weighted by Crippen LogP contribution is -2.46. The third-order valence-electron chi connectivity index (χ3n) is 7.47. The predicted octanol–water partition coefficient (Wildman–Crippen LogP) is 6.17. The van der Waals surface area contributed by atoms with Gasteiger partial charge in [0.2, 0.25) is 0 Å². The normalized spacial score (nSPS) is 20.9. The fourth-order valence-corrected chi connectivity index (χ4v) is 6.67. The number of halogens is 4. The molecule has 0 saturated carbocycles. The van der Waals surface area contributed by atoms with E-state index in [1.807, 2.05) is 0 Å². The molecule has 0 radical (unpaired) electrons. The zero-order valence-corrected chi connectivity index (χ0v) is 23.8. The van der Waals surface area contributed by atoms with Gasteiger partial charge in [0.05, 0.1) is 42.0 Å². The van der Waals surface area contributed by atoms with Crippen molar-refractivity contribution < 1.29 is 37.0 Å². The van der Waals surface area contributed by atoms with E-state index in [0.29, 0.717) is 10.4 Å². The van der Waals surface area contributed by atoms with Gasteiger partial charge in [0.1, 0.15) is 11.7 Å². The number of thiophene rings is 1. The molecular weight excluding hydrogens is 593 g/mol. The van der Waals surface area contributed by atoms with E-state index < -0.39 is 47.2 Å². The van der Waals surface area contributed by atoms with E-state index >= 15 is 0 Å². The molecule has 2 heterocycles. The SMILES string of the molecule is COC(=O)C1=C(N)N(c2cc(C(F)(F)F)ccc2Cl)C2=C(C(=O)[C@H](C(=O)OC)[C@H](c3ccccc3)C2)[C@H]1c1cccs1. The number of methoxy groups -OCH3 is 2. The summed E-state index contributed by atoms with van der Waals surface area (Å²) in [6, 6.07) is 14.9. The summed E-state index contributed by atoms with van der Waals surface area (Å²) in [5, 5.41) is 1.64. The molecule has 218 valence electrons. The lowest BCUT2D eigenvalue weighted by molar-refractivity contribution is -0.150. The highest BCUT2D eigenvalue weighted by Crippen LogP contribution is 2.53. The molecule has 42 heavy (non-hydrogen) atoms. The Morgan fingerprint density at radius 1 is 1.05 bits per heavy atom. The van der Waals surface area contributed by atoms with Gasteiger partial charge in [-0.1, -0.05) is 48.0 Å². The Balaban J connectivity index is 1.85. The number of Topliss-reactive ketones (excluding diaryl/α,β-unsaturated/α-hetero) is 1. The number of alkyl halides is 3. The van der Waals surface area contributed by atoms with Gasteiger partial charge in [0.25, 0.3) is 0 Å². The molecule has 0 unspecified atom stereocenters. The monoisotopic (exact) mass is 616 g/mol. The molecule has 2 N–H and O–H groups in total. The second-order valence-electron chi connectivity index (χ2n) is 9.69. The molecule has 0 amide bonds. The molecule has 0 bridgehead atoms. The third kappa shape index (κ3) is 4.96. The van der Waals surface area contributed by atoms with E-state index in [4.69, 9.17) is 26.8 Å². The van der Waals surface area contributed by atoms with E-state index in [1.165, 1.54) is 23.3 Å². The van der Waals surface area contributed by atoms with Crippen LogP contribution in [0.5, 0.6) is 0 Å². The highest BCUT2D eigenvalue weighted by Gasteiger charge is 2.51. The highest BCUT2D eigenvalue weighted by molar-refractivity contribution is 7.10. The largest absolute Gasteiger partial charge is 0.468 e. The van der Waals surface area contributed by atoms with Gasteiger partial charge in [-0.3, -0.25) is 14.5 Å². The van der Waals surface area contributed by atoms with Crippen molar-refractivity contribution in [2.45, 2.75) is 24.4 Å². The third-order valence-corrected chi connectivity index (χ3v) is 8.73. The lowest BCUT2D eigenvalue weighted by atomic mass is 9.68. The quantitative estimate of drug-likeness (QED) is 0.270. The summed E-state index contributed by atoms with van der Waals surface area (Å²) in [5.41, 5.74) is 6.18. The van der Waals surface area contributed by atoms with E-state index in [2.05, 4.69) is 0 Å². The summed E-state index contributed by atoms with van der Waals surface area (Å²) in [7, 11) is 2.30.